The van der Waals surface area contributed by atoms with E-state index in [0.29, 0.717) is 24.3 Å². The van der Waals surface area contributed by atoms with Gasteiger partial charge in [-0.1, -0.05) is 6.92 Å². The molecule has 0 bridgehead atoms. The highest BCUT2D eigenvalue weighted by Gasteiger charge is 2.34. The fourth-order valence-corrected chi connectivity index (χ4v) is 4.21. The number of hydrogen-bond acceptors (Lipinski definition) is 6. The molecule has 0 aliphatic carbocycles. The van der Waals surface area contributed by atoms with Crippen molar-refractivity contribution in [2.75, 3.05) is 18.4 Å². The van der Waals surface area contributed by atoms with Crippen LogP contribution < -0.4 is 5.32 Å². The van der Waals surface area contributed by atoms with Gasteiger partial charge in [0.25, 0.3) is 5.91 Å². The van der Waals surface area contributed by atoms with Crippen LogP contribution in [-0.2, 0) is 6.18 Å². The average molecular weight is 474 g/mol. The minimum absolute atomic E-state index is 0.0887. The maximum absolute atomic E-state index is 13.8. The normalized spacial score (nSPS) is 18.7. The van der Waals surface area contributed by atoms with E-state index in [-0.39, 0.29) is 23.8 Å². The van der Waals surface area contributed by atoms with Gasteiger partial charge < -0.3 is 10.2 Å². The Kier molecular flexibility index (Phi) is 6.54. The largest absolute Gasteiger partial charge is 0.419 e. The van der Waals surface area contributed by atoms with Gasteiger partial charge in [-0.2, -0.15) is 28.2 Å². The molecular weight excluding hydrogens is 447 g/mol. The lowest BCUT2D eigenvalue weighted by Crippen LogP contribution is -2.51. The van der Waals surface area contributed by atoms with Crippen molar-refractivity contribution in [1.82, 2.24) is 29.9 Å². The molecule has 180 valence electrons. The molecule has 0 saturated carbocycles. The first-order chi connectivity index (χ1) is 16.1. The van der Waals surface area contributed by atoms with E-state index in [9.17, 15) is 18.0 Å². The van der Waals surface area contributed by atoms with E-state index in [0.717, 1.165) is 36.4 Å². The zero-order valence-electron chi connectivity index (χ0n) is 19.2. The lowest BCUT2D eigenvalue weighted by atomic mass is 9.89. The highest BCUT2D eigenvalue weighted by molar-refractivity contribution is 5.98. The predicted molar refractivity (Wildman–Crippen MR) is 120 cm³/mol. The smallest absolute Gasteiger partial charge is 0.352 e. The molecule has 1 aromatic carbocycles. The molecule has 1 saturated heterocycles. The van der Waals surface area contributed by atoms with E-state index in [1.807, 2.05) is 30.9 Å². The van der Waals surface area contributed by atoms with E-state index in [2.05, 4.69) is 32.4 Å². The van der Waals surface area contributed by atoms with E-state index in [1.54, 1.807) is 12.4 Å². The van der Waals surface area contributed by atoms with Crippen LogP contribution in [0.4, 0.5) is 19.1 Å². The highest BCUT2D eigenvalue weighted by Crippen LogP contribution is 2.29. The topological polar surface area (TPSA) is 88.8 Å². The van der Waals surface area contributed by atoms with Gasteiger partial charge >= 0.3 is 6.18 Å². The number of hydrogen-bond donors (Lipinski definition) is 1. The van der Waals surface area contributed by atoms with E-state index >= 15 is 0 Å². The SMILES string of the molecule is Cc1cc(C(=O)N2CCCC(C)C2CNc2ncc(C(F)(F)F)cn2)c(-n2nccn2)cc1C. The van der Waals surface area contributed by atoms with Gasteiger partial charge in [-0.05, 0) is 55.9 Å². The standard InChI is InChI=1S/C23H26F3N7O/c1-14-5-4-8-32(20(14)13-29-22-27-11-17(12-28-22)23(24,25)26)21(34)18-9-15(2)16(3)10-19(18)33-30-6-7-31-33/h6-7,9-12,14,20H,4-5,8,13H2,1-3H3,(H,27,28,29). The van der Waals surface area contributed by atoms with Gasteiger partial charge in [-0.15, -0.1) is 0 Å². The average Bonchev–Trinajstić information content (AvgIpc) is 3.34. The molecule has 0 radical (unpaired) electrons. The number of carbonyl (C=O) groups is 1. The molecule has 2 atom stereocenters. The van der Waals surface area contributed by atoms with E-state index in [4.69, 9.17) is 0 Å². The molecule has 34 heavy (non-hydrogen) atoms. The van der Waals surface area contributed by atoms with Crippen LogP contribution in [0.1, 0.15) is 46.8 Å². The van der Waals surface area contributed by atoms with Gasteiger partial charge in [0.05, 0.1) is 35.2 Å². The second-order valence-corrected chi connectivity index (χ2v) is 8.63. The van der Waals surface area contributed by atoms with Crippen LogP contribution in [0.5, 0.6) is 0 Å². The van der Waals surface area contributed by atoms with Gasteiger partial charge in [0.15, 0.2) is 0 Å². The van der Waals surface area contributed by atoms with Gasteiger partial charge in [0.2, 0.25) is 5.95 Å². The number of rotatable bonds is 5. The van der Waals surface area contributed by atoms with Crippen molar-refractivity contribution >= 4 is 11.9 Å². The number of nitrogens with one attached hydrogen (secondary N) is 1. The third-order valence-corrected chi connectivity index (χ3v) is 6.30. The summed E-state index contributed by atoms with van der Waals surface area (Å²) in [6.45, 7) is 6.87. The second-order valence-electron chi connectivity index (χ2n) is 8.63. The Hall–Kier alpha value is -3.50. The summed E-state index contributed by atoms with van der Waals surface area (Å²) in [7, 11) is 0. The first-order valence-electron chi connectivity index (χ1n) is 11.1. The summed E-state index contributed by atoms with van der Waals surface area (Å²) < 4.78 is 38.3. The fraction of sp³-hybridized carbons (Fsp3) is 0.435. The molecular formula is C23H26F3N7O. The van der Waals surface area contributed by atoms with Crippen LogP contribution in [0.25, 0.3) is 5.69 Å². The van der Waals surface area contributed by atoms with Crippen molar-refractivity contribution in [2.24, 2.45) is 5.92 Å². The van der Waals surface area contributed by atoms with Crippen molar-refractivity contribution in [3.63, 3.8) is 0 Å². The third-order valence-electron chi connectivity index (χ3n) is 6.30. The first-order valence-corrected chi connectivity index (χ1v) is 11.1. The molecule has 2 aromatic heterocycles. The maximum atomic E-state index is 13.8. The summed E-state index contributed by atoms with van der Waals surface area (Å²) in [5.41, 5.74) is 2.21. The van der Waals surface area contributed by atoms with Gasteiger partial charge in [0.1, 0.15) is 0 Å². The molecule has 4 rings (SSSR count). The van der Waals surface area contributed by atoms with Crippen LogP contribution in [0, 0.1) is 19.8 Å². The molecule has 3 aromatic rings. The zero-order chi connectivity index (χ0) is 24.5. The number of amides is 1. The number of aromatic nitrogens is 5. The van der Waals surface area contributed by atoms with Crippen LogP contribution in [0.2, 0.25) is 0 Å². The van der Waals surface area contributed by atoms with Crippen LogP contribution in [-0.4, -0.2) is 54.9 Å². The first kappa shape index (κ1) is 23.7. The Morgan fingerprint density at radius 3 is 2.41 bits per heavy atom. The number of benzene rings is 1. The van der Waals surface area contributed by atoms with E-state index in [1.165, 1.54) is 4.80 Å². The molecule has 3 heterocycles. The summed E-state index contributed by atoms with van der Waals surface area (Å²) >= 11 is 0. The molecule has 1 aliphatic rings. The molecule has 2 unspecified atom stereocenters. The third kappa shape index (κ3) is 4.87. The molecule has 1 fully saturated rings. The van der Waals surface area contributed by atoms with Crippen molar-refractivity contribution in [3.8, 4) is 5.69 Å². The number of halogens is 3. The van der Waals surface area contributed by atoms with Crippen molar-refractivity contribution in [2.45, 2.75) is 45.8 Å². The number of carbonyl (C=O) groups excluding carboxylic acids is 1. The lowest BCUT2D eigenvalue weighted by Gasteiger charge is -2.40. The quantitative estimate of drug-likeness (QED) is 0.602. The lowest BCUT2D eigenvalue weighted by molar-refractivity contribution is -0.138. The molecule has 1 aliphatic heterocycles. The molecule has 1 amide bonds. The highest BCUT2D eigenvalue weighted by atomic mass is 19.4. The zero-order valence-corrected chi connectivity index (χ0v) is 19.2. The van der Waals surface area contributed by atoms with Crippen LogP contribution >= 0.6 is 0 Å². The fourth-order valence-electron chi connectivity index (χ4n) is 4.21. The van der Waals surface area contributed by atoms with Gasteiger partial charge in [-0.3, -0.25) is 4.79 Å². The Morgan fingerprint density at radius 1 is 1.12 bits per heavy atom. The van der Waals surface area contributed by atoms with Crippen LogP contribution in [0.15, 0.2) is 36.9 Å². The summed E-state index contributed by atoms with van der Waals surface area (Å²) in [5, 5.41) is 11.4. The maximum Gasteiger partial charge on any atom is 0.419 e. The Balaban J connectivity index is 1.58. The number of piperidine rings is 1. The van der Waals surface area contributed by atoms with E-state index < -0.39 is 11.7 Å². The molecule has 0 spiro atoms. The summed E-state index contributed by atoms with van der Waals surface area (Å²) in [6.07, 6.45) is 1.92. The Bertz CT molecular complexity index is 1150. The van der Waals surface area contributed by atoms with Crippen molar-refractivity contribution in [1.29, 1.82) is 0 Å². The Labute approximate surface area is 195 Å². The number of aryl methyl sites for hydroxylation is 2. The molecule has 11 heteroatoms. The monoisotopic (exact) mass is 473 g/mol. The Morgan fingerprint density at radius 2 is 1.76 bits per heavy atom. The van der Waals surface area contributed by atoms with Gasteiger partial charge in [0, 0.05) is 25.5 Å². The second kappa shape index (κ2) is 9.40. The minimum Gasteiger partial charge on any atom is -0.352 e. The van der Waals surface area contributed by atoms with Crippen LogP contribution in [0.3, 0.4) is 0 Å². The summed E-state index contributed by atoms with van der Waals surface area (Å²) in [6, 6.07) is 3.57. The van der Waals surface area contributed by atoms with Crippen molar-refractivity contribution < 1.29 is 18.0 Å². The van der Waals surface area contributed by atoms with Crippen molar-refractivity contribution in [3.05, 3.63) is 59.2 Å². The number of alkyl halides is 3. The number of anilines is 1. The van der Waals surface area contributed by atoms with Gasteiger partial charge in [-0.25, -0.2) is 9.97 Å². The summed E-state index contributed by atoms with van der Waals surface area (Å²) in [5.74, 6) is 0.130. The number of likely N-dealkylation sites (tertiary alicyclic amines) is 1. The number of nitrogens with zero attached hydrogens (tertiary/aromatic N) is 6. The predicted octanol–water partition coefficient (Wildman–Crippen LogP) is 4.05. The minimum atomic E-state index is -4.49. The summed E-state index contributed by atoms with van der Waals surface area (Å²) in [4.78, 5) is 24.6. The molecule has 1 N–H and O–H groups in total. The molecule has 8 nitrogen and oxygen atoms in total.